The van der Waals surface area contributed by atoms with E-state index in [9.17, 15) is 5.11 Å². The number of aliphatic imine (C=N–C) groups is 1. The van der Waals surface area contributed by atoms with Crippen LogP contribution in [0, 0.1) is 0 Å². The second kappa shape index (κ2) is 12.2. The molecule has 1 aliphatic rings. The highest BCUT2D eigenvalue weighted by molar-refractivity contribution is 6.22. The number of benzene rings is 3. The number of hydrogen-bond donors (Lipinski definition) is 2. The van der Waals surface area contributed by atoms with E-state index in [0.717, 1.165) is 35.1 Å². The molecule has 0 unspecified atom stereocenters. The molecule has 1 saturated heterocycles. The Morgan fingerprint density at radius 1 is 0.895 bits per heavy atom. The third kappa shape index (κ3) is 5.86. The predicted octanol–water partition coefficient (Wildman–Crippen LogP) is 6.87. The van der Waals surface area contributed by atoms with E-state index in [4.69, 9.17) is 14.5 Å². The number of nitrogens with zero attached hydrogens (tertiary/aromatic N) is 2. The van der Waals surface area contributed by atoms with Crippen LogP contribution in [0.2, 0.25) is 0 Å². The molecule has 1 fully saturated rings. The number of H-pyrrole nitrogens is 1. The molecule has 2 heterocycles. The van der Waals surface area contributed by atoms with Gasteiger partial charge in [-0.2, -0.15) is 0 Å². The van der Waals surface area contributed by atoms with Crippen LogP contribution in [-0.2, 0) is 6.42 Å². The Morgan fingerprint density at radius 3 is 2.26 bits per heavy atom. The summed E-state index contributed by atoms with van der Waals surface area (Å²) >= 11 is 0. The fourth-order valence-electron chi connectivity index (χ4n) is 5.16. The van der Waals surface area contributed by atoms with Gasteiger partial charge in [0.1, 0.15) is 0 Å². The largest absolute Gasteiger partial charge is 0.494 e. The maximum Gasteiger partial charge on any atom is 0.199 e. The molecule has 2 N–H and O–H groups in total. The van der Waals surface area contributed by atoms with Gasteiger partial charge in [-0.05, 0) is 70.0 Å². The number of ether oxygens (including phenoxy) is 2. The zero-order chi connectivity index (χ0) is 26.3. The van der Waals surface area contributed by atoms with Gasteiger partial charge in [-0.3, -0.25) is 0 Å². The Balaban J connectivity index is 1.51. The number of nitrogens with one attached hydrogen (secondary N) is 1. The standard InChI is InChI=1S/C32H37N3O3/c1-3-37-28-21-26-27(22-29(28)38-4-2)34-32(36)30(26)31(24-11-7-5-8-12-24)33-25-15-13-23(14-16-25)17-20-35-18-9-6-10-19-35/h5,7-8,11-16,21-22,34,36H,3-4,6,9-10,17-20H2,1-2H3. The lowest BCUT2D eigenvalue weighted by Gasteiger charge is -2.26. The van der Waals surface area contributed by atoms with Crippen molar-refractivity contribution in [1.29, 1.82) is 0 Å². The van der Waals surface area contributed by atoms with Gasteiger partial charge in [0.2, 0.25) is 0 Å². The van der Waals surface area contributed by atoms with Crippen LogP contribution in [0.3, 0.4) is 0 Å². The lowest BCUT2D eigenvalue weighted by Crippen LogP contribution is -2.31. The number of aromatic nitrogens is 1. The third-order valence-corrected chi connectivity index (χ3v) is 7.07. The van der Waals surface area contributed by atoms with Crippen LogP contribution in [0.1, 0.15) is 49.8 Å². The highest BCUT2D eigenvalue weighted by Crippen LogP contribution is 2.38. The van der Waals surface area contributed by atoms with Gasteiger partial charge >= 0.3 is 0 Å². The molecular weight excluding hydrogens is 474 g/mol. The Labute approximate surface area is 224 Å². The van der Waals surface area contributed by atoms with Crippen molar-refractivity contribution in [2.75, 3.05) is 32.8 Å². The molecule has 0 saturated carbocycles. The highest BCUT2D eigenvalue weighted by Gasteiger charge is 2.21. The van der Waals surface area contributed by atoms with Crippen LogP contribution in [-0.4, -0.2) is 53.6 Å². The summed E-state index contributed by atoms with van der Waals surface area (Å²) in [5.41, 5.74) is 5.18. The SMILES string of the molecule is CCOc1cc2[nH]c(O)c(C(=Nc3ccc(CCN4CCCCC4)cc3)c3ccccc3)c2cc1OCC. The van der Waals surface area contributed by atoms with Gasteiger partial charge in [-0.25, -0.2) is 4.99 Å². The number of aromatic hydroxyl groups is 1. The first-order chi connectivity index (χ1) is 18.7. The maximum absolute atomic E-state index is 11.1. The summed E-state index contributed by atoms with van der Waals surface area (Å²) in [6.07, 6.45) is 5.03. The van der Waals surface area contributed by atoms with Crippen molar-refractivity contribution in [3.05, 3.63) is 83.4 Å². The minimum Gasteiger partial charge on any atom is -0.494 e. The Kier molecular flexibility index (Phi) is 8.29. The zero-order valence-corrected chi connectivity index (χ0v) is 22.4. The normalized spacial score (nSPS) is 14.6. The second-order valence-electron chi connectivity index (χ2n) is 9.70. The summed E-state index contributed by atoms with van der Waals surface area (Å²) in [7, 11) is 0. The number of aromatic amines is 1. The molecule has 1 aromatic heterocycles. The number of fused-ring (bicyclic) bond motifs is 1. The molecule has 0 spiro atoms. The Hall–Kier alpha value is -3.77. The maximum atomic E-state index is 11.1. The topological polar surface area (TPSA) is 70.1 Å². The van der Waals surface area contributed by atoms with E-state index in [0.29, 0.717) is 36.0 Å². The molecule has 0 aliphatic carbocycles. The van der Waals surface area contributed by atoms with Crippen LogP contribution in [0.5, 0.6) is 17.4 Å². The Morgan fingerprint density at radius 2 is 1.58 bits per heavy atom. The highest BCUT2D eigenvalue weighted by atomic mass is 16.5. The molecule has 0 radical (unpaired) electrons. The first-order valence-electron chi connectivity index (χ1n) is 13.8. The molecule has 198 valence electrons. The van der Waals surface area contributed by atoms with Crippen molar-refractivity contribution in [2.24, 2.45) is 4.99 Å². The minimum absolute atomic E-state index is 0.0665. The summed E-state index contributed by atoms with van der Waals surface area (Å²) in [4.78, 5) is 10.8. The lowest BCUT2D eigenvalue weighted by atomic mass is 10.0. The molecule has 0 amide bonds. The van der Waals surface area contributed by atoms with E-state index in [1.165, 1.54) is 37.9 Å². The fraction of sp³-hybridized carbons (Fsp3) is 0.344. The molecule has 6 heteroatoms. The first-order valence-corrected chi connectivity index (χ1v) is 13.8. The number of piperidine rings is 1. The zero-order valence-electron chi connectivity index (χ0n) is 22.4. The van der Waals surface area contributed by atoms with Crippen molar-refractivity contribution in [1.82, 2.24) is 9.88 Å². The van der Waals surface area contributed by atoms with Crippen molar-refractivity contribution in [2.45, 2.75) is 39.5 Å². The summed E-state index contributed by atoms with van der Waals surface area (Å²) in [5, 5.41) is 11.9. The van der Waals surface area contributed by atoms with Gasteiger partial charge in [-0.1, -0.05) is 48.9 Å². The summed E-state index contributed by atoms with van der Waals surface area (Å²) < 4.78 is 11.7. The fourth-order valence-corrected chi connectivity index (χ4v) is 5.16. The molecular formula is C32H37N3O3. The minimum atomic E-state index is 0.0665. The van der Waals surface area contributed by atoms with Gasteiger partial charge in [0.25, 0.3) is 0 Å². The van der Waals surface area contributed by atoms with E-state index >= 15 is 0 Å². The molecule has 4 aromatic rings. The second-order valence-corrected chi connectivity index (χ2v) is 9.70. The van der Waals surface area contributed by atoms with Crippen molar-refractivity contribution in [3.8, 4) is 17.4 Å². The third-order valence-electron chi connectivity index (χ3n) is 7.07. The van der Waals surface area contributed by atoms with E-state index in [1.54, 1.807) is 0 Å². The van der Waals surface area contributed by atoms with Crippen LogP contribution in [0.25, 0.3) is 10.9 Å². The van der Waals surface area contributed by atoms with Crippen molar-refractivity contribution >= 4 is 22.3 Å². The smallest absolute Gasteiger partial charge is 0.199 e. The molecule has 0 bridgehead atoms. The lowest BCUT2D eigenvalue weighted by molar-refractivity contribution is 0.231. The van der Waals surface area contributed by atoms with Gasteiger partial charge < -0.3 is 24.5 Å². The van der Waals surface area contributed by atoms with E-state index in [1.807, 2.05) is 56.3 Å². The Bertz CT molecular complexity index is 1370. The van der Waals surface area contributed by atoms with Gasteiger partial charge in [0.15, 0.2) is 17.4 Å². The van der Waals surface area contributed by atoms with Crippen molar-refractivity contribution in [3.63, 3.8) is 0 Å². The number of rotatable bonds is 10. The predicted molar refractivity (Wildman–Crippen MR) is 154 cm³/mol. The first kappa shape index (κ1) is 25.9. The quantitative estimate of drug-likeness (QED) is 0.228. The van der Waals surface area contributed by atoms with Gasteiger partial charge in [0.05, 0.1) is 35.7 Å². The monoisotopic (exact) mass is 511 g/mol. The summed E-state index contributed by atoms with van der Waals surface area (Å²) in [5.74, 6) is 1.36. The van der Waals surface area contributed by atoms with E-state index in [2.05, 4.69) is 34.1 Å². The van der Waals surface area contributed by atoms with Crippen LogP contribution in [0.15, 0.2) is 71.7 Å². The molecule has 1 aliphatic heterocycles. The molecule has 5 rings (SSSR count). The molecule has 6 nitrogen and oxygen atoms in total. The summed E-state index contributed by atoms with van der Waals surface area (Å²) in [6, 6.07) is 22.3. The molecule has 3 aromatic carbocycles. The average molecular weight is 512 g/mol. The van der Waals surface area contributed by atoms with E-state index in [-0.39, 0.29) is 5.88 Å². The van der Waals surface area contributed by atoms with Gasteiger partial charge in [0, 0.05) is 23.6 Å². The van der Waals surface area contributed by atoms with Crippen LogP contribution >= 0.6 is 0 Å². The van der Waals surface area contributed by atoms with Crippen molar-refractivity contribution < 1.29 is 14.6 Å². The molecule has 0 atom stereocenters. The van der Waals surface area contributed by atoms with Crippen LogP contribution in [0.4, 0.5) is 5.69 Å². The van der Waals surface area contributed by atoms with Gasteiger partial charge in [-0.15, -0.1) is 0 Å². The van der Waals surface area contributed by atoms with Crippen LogP contribution < -0.4 is 9.47 Å². The number of likely N-dealkylation sites (tertiary alicyclic amines) is 1. The average Bonchev–Trinajstić information content (AvgIpc) is 3.27. The van der Waals surface area contributed by atoms with E-state index < -0.39 is 0 Å². The molecule has 38 heavy (non-hydrogen) atoms. The number of hydrogen-bond acceptors (Lipinski definition) is 5. The summed E-state index contributed by atoms with van der Waals surface area (Å²) in [6.45, 7) is 8.46.